The van der Waals surface area contributed by atoms with Gasteiger partial charge in [-0.3, -0.25) is 9.69 Å². The maximum Gasteiger partial charge on any atom is 0.237 e. The van der Waals surface area contributed by atoms with Crippen LogP contribution in [0.2, 0.25) is 0 Å². The van der Waals surface area contributed by atoms with Crippen molar-refractivity contribution in [3.05, 3.63) is 107 Å². The van der Waals surface area contributed by atoms with Crippen molar-refractivity contribution in [2.24, 2.45) is 0 Å². The van der Waals surface area contributed by atoms with Crippen LogP contribution in [0.3, 0.4) is 0 Å². The van der Waals surface area contributed by atoms with Gasteiger partial charge in [0.15, 0.2) is 0 Å². The molecule has 0 spiro atoms. The van der Waals surface area contributed by atoms with Crippen LogP contribution in [-0.4, -0.2) is 48.5 Å². The molecule has 2 atom stereocenters. The maximum absolute atomic E-state index is 14.2. The van der Waals surface area contributed by atoms with Crippen molar-refractivity contribution in [1.29, 1.82) is 0 Å². The minimum absolute atomic E-state index is 0.106. The molecule has 0 aliphatic carbocycles. The molecule has 2 aliphatic heterocycles. The van der Waals surface area contributed by atoms with Crippen molar-refractivity contribution in [3.63, 3.8) is 0 Å². The number of morpholine rings is 1. The zero-order chi connectivity index (χ0) is 21.9. The molecule has 4 nitrogen and oxygen atoms in total. The fourth-order valence-corrected chi connectivity index (χ4v) is 4.83. The molecule has 0 N–H and O–H groups in total. The summed E-state index contributed by atoms with van der Waals surface area (Å²) >= 11 is 0. The lowest BCUT2D eigenvalue weighted by molar-refractivity contribution is -0.135. The highest BCUT2D eigenvalue weighted by atomic mass is 19.1. The highest BCUT2D eigenvalue weighted by Gasteiger charge is 2.31. The molecular weight excluding hydrogens is 403 g/mol. The molecule has 2 unspecified atom stereocenters. The SMILES string of the molecule is O=C(CN1CCOC(c2ccccc2F)C1)N1Cc2ccccc2C(c2ccccc2)C1. The molecule has 0 saturated carbocycles. The number of amides is 1. The first-order chi connectivity index (χ1) is 15.7. The van der Waals surface area contributed by atoms with Crippen molar-refractivity contribution < 1.29 is 13.9 Å². The number of benzene rings is 3. The summed E-state index contributed by atoms with van der Waals surface area (Å²) in [5, 5.41) is 0. The van der Waals surface area contributed by atoms with E-state index in [4.69, 9.17) is 4.74 Å². The van der Waals surface area contributed by atoms with E-state index in [0.717, 1.165) is 0 Å². The molecular formula is C27H27FN2O2. The average molecular weight is 431 g/mol. The lowest BCUT2D eigenvalue weighted by atomic mass is 9.84. The molecule has 3 aromatic carbocycles. The monoisotopic (exact) mass is 430 g/mol. The molecule has 1 fully saturated rings. The van der Waals surface area contributed by atoms with Gasteiger partial charge in [-0.2, -0.15) is 0 Å². The summed E-state index contributed by atoms with van der Waals surface area (Å²) in [5.41, 5.74) is 4.28. The standard InChI is InChI=1S/C27H27FN2O2/c28-25-13-7-6-12-23(25)26-18-29(14-15-32-26)19-27(31)30-16-21-10-4-5-11-22(21)24(17-30)20-8-2-1-3-9-20/h1-13,24,26H,14-19H2. The maximum atomic E-state index is 14.2. The van der Waals surface area contributed by atoms with Crippen LogP contribution in [0.15, 0.2) is 78.9 Å². The van der Waals surface area contributed by atoms with Gasteiger partial charge in [0.05, 0.1) is 19.3 Å². The molecule has 1 amide bonds. The number of hydrogen-bond donors (Lipinski definition) is 0. The first-order valence-electron chi connectivity index (χ1n) is 11.2. The van der Waals surface area contributed by atoms with Crippen LogP contribution < -0.4 is 0 Å². The van der Waals surface area contributed by atoms with Gasteiger partial charge in [-0.05, 0) is 22.8 Å². The predicted octanol–water partition coefficient (Wildman–Crippen LogP) is 4.37. The Kier molecular flexibility index (Phi) is 6.02. The molecule has 1 saturated heterocycles. The Morgan fingerprint density at radius 1 is 0.906 bits per heavy atom. The zero-order valence-corrected chi connectivity index (χ0v) is 18.0. The summed E-state index contributed by atoms with van der Waals surface area (Å²) in [6.45, 7) is 3.28. The van der Waals surface area contributed by atoms with Crippen LogP contribution in [-0.2, 0) is 16.1 Å². The van der Waals surface area contributed by atoms with Gasteiger partial charge in [-0.15, -0.1) is 0 Å². The largest absolute Gasteiger partial charge is 0.371 e. The quantitative estimate of drug-likeness (QED) is 0.616. The number of carbonyl (C=O) groups is 1. The van der Waals surface area contributed by atoms with Crippen molar-refractivity contribution in [3.8, 4) is 0 Å². The Labute approximate surface area is 188 Å². The summed E-state index contributed by atoms with van der Waals surface area (Å²) in [4.78, 5) is 17.4. The average Bonchev–Trinajstić information content (AvgIpc) is 2.84. The highest BCUT2D eigenvalue weighted by Crippen LogP contribution is 2.33. The molecule has 0 aromatic heterocycles. The molecule has 2 heterocycles. The molecule has 0 radical (unpaired) electrons. The molecule has 164 valence electrons. The van der Waals surface area contributed by atoms with Crippen LogP contribution in [0.1, 0.15) is 34.3 Å². The summed E-state index contributed by atoms with van der Waals surface area (Å²) in [6, 6.07) is 25.5. The van der Waals surface area contributed by atoms with Gasteiger partial charge < -0.3 is 9.64 Å². The van der Waals surface area contributed by atoms with E-state index >= 15 is 0 Å². The van der Waals surface area contributed by atoms with E-state index in [0.29, 0.717) is 44.9 Å². The fraction of sp³-hybridized carbons (Fsp3) is 0.296. The van der Waals surface area contributed by atoms with Crippen molar-refractivity contribution in [1.82, 2.24) is 9.80 Å². The van der Waals surface area contributed by atoms with Gasteiger partial charge in [-0.25, -0.2) is 4.39 Å². The Hall–Kier alpha value is -3.02. The third-order valence-corrected chi connectivity index (χ3v) is 6.51. The van der Waals surface area contributed by atoms with Crippen LogP contribution in [0, 0.1) is 5.82 Å². The summed E-state index contributed by atoms with van der Waals surface area (Å²) in [7, 11) is 0. The van der Waals surface area contributed by atoms with Gasteiger partial charge in [-0.1, -0.05) is 72.8 Å². The Balaban J connectivity index is 1.31. The second-order valence-corrected chi connectivity index (χ2v) is 8.55. The van der Waals surface area contributed by atoms with E-state index in [2.05, 4.69) is 47.4 Å². The number of carbonyl (C=O) groups excluding carboxylic acids is 1. The van der Waals surface area contributed by atoms with Gasteiger partial charge in [0, 0.05) is 37.7 Å². The molecule has 5 heteroatoms. The number of nitrogens with zero attached hydrogens (tertiary/aromatic N) is 2. The second-order valence-electron chi connectivity index (χ2n) is 8.55. The third kappa shape index (κ3) is 4.31. The highest BCUT2D eigenvalue weighted by molar-refractivity contribution is 5.79. The van der Waals surface area contributed by atoms with E-state index in [1.807, 2.05) is 23.1 Å². The van der Waals surface area contributed by atoms with Crippen molar-refractivity contribution in [2.45, 2.75) is 18.6 Å². The van der Waals surface area contributed by atoms with Crippen LogP contribution in [0.4, 0.5) is 4.39 Å². The van der Waals surface area contributed by atoms with Gasteiger partial charge in [0.2, 0.25) is 5.91 Å². The molecule has 2 aliphatic rings. The number of hydrogen-bond acceptors (Lipinski definition) is 3. The first-order valence-corrected chi connectivity index (χ1v) is 11.2. The van der Waals surface area contributed by atoms with E-state index in [9.17, 15) is 9.18 Å². The van der Waals surface area contributed by atoms with Gasteiger partial charge in [0.25, 0.3) is 0 Å². The Bertz CT molecular complexity index is 1090. The molecule has 3 aromatic rings. The summed E-state index contributed by atoms with van der Waals surface area (Å²) in [5.74, 6) is 0.0135. The Morgan fingerprint density at radius 2 is 1.62 bits per heavy atom. The normalized spacial score (nSPS) is 21.2. The van der Waals surface area contributed by atoms with E-state index in [1.165, 1.54) is 22.8 Å². The number of ether oxygens (including phenoxy) is 1. The predicted molar refractivity (Wildman–Crippen MR) is 122 cm³/mol. The summed E-state index contributed by atoms with van der Waals surface area (Å²) < 4.78 is 20.0. The van der Waals surface area contributed by atoms with E-state index in [1.54, 1.807) is 12.1 Å². The minimum atomic E-state index is -0.350. The summed E-state index contributed by atoms with van der Waals surface area (Å²) in [6.07, 6.45) is -0.350. The number of fused-ring (bicyclic) bond motifs is 1. The van der Waals surface area contributed by atoms with Gasteiger partial charge >= 0.3 is 0 Å². The zero-order valence-electron chi connectivity index (χ0n) is 18.0. The molecule has 32 heavy (non-hydrogen) atoms. The lowest BCUT2D eigenvalue weighted by Crippen LogP contribution is -2.47. The van der Waals surface area contributed by atoms with Crippen molar-refractivity contribution in [2.75, 3.05) is 32.8 Å². The first kappa shape index (κ1) is 20.9. The van der Waals surface area contributed by atoms with E-state index < -0.39 is 0 Å². The topological polar surface area (TPSA) is 32.8 Å². The van der Waals surface area contributed by atoms with Crippen LogP contribution >= 0.6 is 0 Å². The van der Waals surface area contributed by atoms with Crippen LogP contribution in [0.5, 0.6) is 0 Å². The Morgan fingerprint density at radius 3 is 2.44 bits per heavy atom. The van der Waals surface area contributed by atoms with Gasteiger partial charge in [0.1, 0.15) is 5.82 Å². The van der Waals surface area contributed by atoms with Crippen molar-refractivity contribution >= 4 is 5.91 Å². The minimum Gasteiger partial charge on any atom is -0.371 e. The smallest absolute Gasteiger partial charge is 0.237 e. The number of rotatable bonds is 4. The third-order valence-electron chi connectivity index (χ3n) is 6.51. The lowest BCUT2D eigenvalue weighted by Gasteiger charge is -2.38. The fourth-order valence-electron chi connectivity index (χ4n) is 4.83. The molecule has 5 rings (SSSR count). The van der Waals surface area contributed by atoms with Crippen LogP contribution in [0.25, 0.3) is 0 Å². The van der Waals surface area contributed by atoms with E-state index in [-0.39, 0.29) is 23.7 Å². The number of halogens is 1. The molecule has 0 bridgehead atoms. The second kappa shape index (κ2) is 9.23.